The van der Waals surface area contributed by atoms with E-state index in [9.17, 15) is 14.0 Å². The quantitative estimate of drug-likeness (QED) is 0.764. The number of piperidine rings is 1. The van der Waals surface area contributed by atoms with E-state index in [1.165, 1.54) is 23.5 Å². The van der Waals surface area contributed by atoms with Crippen LogP contribution in [0.5, 0.6) is 0 Å². The van der Waals surface area contributed by atoms with Crippen LogP contribution in [0.1, 0.15) is 12.8 Å². The Hall–Kier alpha value is -1.81. The second kappa shape index (κ2) is 7.90. The standard InChI is InChI=1S/C18H20ClFN4O3S/c19-13-4-11(20)5-14-16(13)21-18(28-14)22-17(27)10-2-1-3-24(6-10)12-7-23(8-12)9-15(25)26/h4-5,10,12H,1-3,6-9H2,(H,25,26)(H,21,22,27). The molecule has 150 valence electrons. The summed E-state index contributed by atoms with van der Waals surface area (Å²) in [5, 5.41) is 12.3. The highest BCUT2D eigenvalue weighted by atomic mass is 35.5. The molecule has 4 rings (SSSR count). The van der Waals surface area contributed by atoms with Crippen LogP contribution in [0, 0.1) is 11.7 Å². The number of likely N-dealkylation sites (tertiary alicyclic amines) is 2. The summed E-state index contributed by atoms with van der Waals surface area (Å²) in [5.41, 5.74) is 0.488. The summed E-state index contributed by atoms with van der Waals surface area (Å²) >= 11 is 7.23. The van der Waals surface area contributed by atoms with Crippen molar-refractivity contribution in [2.24, 2.45) is 5.92 Å². The van der Waals surface area contributed by atoms with Gasteiger partial charge in [0.05, 0.1) is 22.2 Å². The van der Waals surface area contributed by atoms with Crippen LogP contribution in [0.2, 0.25) is 5.02 Å². The lowest BCUT2D eigenvalue weighted by Gasteiger charge is -2.47. The molecule has 2 aliphatic heterocycles. The van der Waals surface area contributed by atoms with Gasteiger partial charge in [-0.3, -0.25) is 19.4 Å². The fourth-order valence-corrected chi connectivity index (χ4v) is 5.09. The molecule has 1 unspecified atom stereocenters. The Kier molecular flexibility index (Phi) is 5.50. The van der Waals surface area contributed by atoms with Gasteiger partial charge in [-0.15, -0.1) is 0 Å². The van der Waals surface area contributed by atoms with Crippen molar-refractivity contribution in [3.63, 3.8) is 0 Å². The molecule has 0 aliphatic carbocycles. The van der Waals surface area contributed by atoms with Crippen LogP contribution in [0.15, 0.2) is 12.1 Å². The Morgan fingerprint density at radius 3 is 2.89 bits per heavy atom. The molecule has 7 nitrogen and oxygen atoms in total. The van der Waals surface area contributed by atoms with Gasteiger partial charge in [-0.1, -0.05) is 22.9 Å². The third-order valence-corrected chi connectivity index (χ3v) is 6.49. The maximum absolute atomic E-state index is 13.5. The Bertz CT molecular complexity index is 918. The number of rotatable bonds is 5. The van der Waals surface area contributed by atoms with E-state index in [1.807, 2.05) is 4.90 Å². The highest BCUT2D eigenvalue weighted by molar-refractivity contribution is 7.22. The summed E-state index contributed by atoms with van der Waals surface area (Å²) in [4.78, 5) is 32.0. The molecule has 0 bridgehead atoms. The monoisotopic (exact) mass is 426 g/mol. The highest BCUT2D eigenvalue weighted by Gasteiger charge is 2.36. The molecule has 10 heteroatoms. The van der Waals surface area contributed by atoms with Crippen molar-refractivity contribution >= 4 is 50.2 Å². The minimum Gasteiger partial charge on any atom is -0.480 e. The number of aliphatic carboxylic acids is 1. The van der Waals surface area contributed by atoms with Gasteiger partial charge >= 0.3 is 5.97 Å². The summed E-state index contributed by atoms with van der Waals surface area (Å²) in [6.45, 7) is 3.09. The third kappa shape index (κ3) is 4.12. The molecular weight excluding hydrogens is 407 g/mol. The molecule has 2 fully saturated rings. The zero-order valence-electron chi connectivity index (χ0n) is 15.0. The largest absolute Gasteiger partial charge is 0.480 e. The Balaban J connectivity index is 1.36. The lowest BCUT2D eigenvalue weighted by Crippen LogP contribution is -2.62. The molecule has 1 aromatic carbocycles. The fourth-order valence-electron chi connectivity index (χ4n) is 3.86. The predicted molar refractivity (Wildman–Crippen MR) is 105 cm³/mol. The van der Waals surface area contributed by atoms with Crippen LogP contribution in [-0.2, 0) is 9.59 Å². The van der Waals surface area contributed by atoms with Crippen molar-refractivity contribution in [1.82, 2.24) is 14.8 Å². The van der Waals surface area contributed by atoms with Crippen LogP contribution >= 0.6 is 22.9 Å². The Morgan fingerprint density at radius 2 is 2.14 bits per heavy atom. The predicted octanol–water partition coefficient (Wildman–Crippen LogP) is 2.51. The molecule has 0 radical (unpaired) electrons. The molecule has 1 amide bonds. The molecule has 1 aromatic heterocycles. The first-order valence-electron chi connectivity index (χ1n) is 9.13. The number of thiazole rings is 1. The van der Waals surface area contributed by atoms with Gasteiger partial charge in [0, 0.05) is 25.7 Å². The van der Waals surface area contributed by atoms with Crippen LogP contribution in [-0.4, -0.2) is 70.5 Å². The summed E-state index contributed by atoms with van der Waals surface area (Å²) in [6.07, 6.45) is 1.72. The molecule has 0 saturated carbocycles. The molecule has 2 N–H and O–H groups in total. The molecule has 2 aliphatic rings. The number of halogens is 2. The molecule has 3 heterocycles. The maximum atomic E-state index is 13.5. The van der Waals surface area contributed by atoms with Crippen molar-refractivity contribution in [3.05, 3.63) is 23.0 Å². The molecule has 2 aromatic rings. The first kappa shape index (κ1) is 19.5. The lowest BCUT2D eigenvalue weighted by atomic mass is 9.94. The third-order valence-electron chi connectivity index (χ3n) is 5.28. The van der Waals surface area contributed by atoms with E-state index in [4.69, 9.17) is 16.7 Å². The number of benzene rings is 1. The van der Waals surface area contributed by atoms with Crippen LogP contribution in [0.3, 0.4) is 0 Å². The normalized spacial score (nSPS) is 21.6. The van der Waals surface area contributed by atoms with E-state index < -0.39 is 11.8 Å². The highest BCUT2D eigenvalue weighted by Crippen LogP contribution is 2.32. The van der Waals surface area contributed by atoms with Crippen molar-refractivity contribution in [2.75, 3.05) is 38.0 Å². The van der Waals surface area contributed by atoms with E-state index >= 15 is 0 Å². The van der Waals surface area contributed by atoms with Crippen LogP contribution in [0.25, 0.3) is 10.2 Å². The molecule has 1 atom stereocenters. The molecule has 28 heavy (non-hydrogen) atoms. The number of anilines is 1. The van der Waals surface area contributed by atoms with Crippen LogP contribution in [0.4, 0.5) is 9.52 Å². The number of hydrogen-bond donors (Lipinski definition) is 2. The van der Waals surface area contributed by atoms with Crippen molar-refractivity contribution in [2.45, 2.75) is 18.9 Å². The van der Waals surface area contributed by atoms with E-state index in [0.29, 0.717) is 27.9 Å². The average molecular weight is 427 g/mol. The second-order valence-electron chi connectivity index (χ2n) is 7.32. The number of fused-ring (bicyclic) bond motifs is 1. The molecule has 2 saturated heterocycles. The van der Waals surface area contributed by atoms with Crippen molar-refractivity contribution < 1.29 is 19.1 Å². The number of amides is 1. The van der Waals surface area contributed by atoms with Gasteiger partial charge in [-0.05, 0) is 31.5 Å². The summed E-state index contributed by atoms with van der Waals surface area (Å²) < 4.78 is 14.1. The fraction of sp³-hybridized carbons (Fsp3) is 0.500. The summed E-state index contributed by atoms with van der Waals surface area (Å²) in [7, 11) is 0. The van der Waals surface area contributed by atoms with Gasteiger partial charge in [0.15, 0.2) is 5.13 Å². The molecular formula is C18H20ClFN4O3S. The smallest absolute Gasteiger partial charge is 0.317 e. The SMILES string of the molecule is O=C(O)CN1CC(N2CCCC(C(=O)Nc3nc4c(Cl)cc(F)cc4s3)C2)C1. The zero-order valence-corrected chi connectivity index (χ0v) is 16.6. The van der Waals surface area contributed by atoms with Crippen LogP contribution < -0.4 is 5.32 Å². The number of carbonyl (C=O) groups is 2. The zero-order chi connectivity index (χ0) is 19.8. The first-order valence-corrected chi connectivity index (χ1v) is 10.3. The van der Waals surface area contributed by atoms with Gasteiger partial charge in [0.25, 0.3) is 0 Å². The van der Waals surface area contributed by atoms with Gasteiger partial charge in [-0.2, -0.15) is 0 Å². The number of hydrogen-bond acceptors (Lipinski definition) is 6. The Labute approximate surface area is 170 Å². The number of carbonyl (C=O) groups excluding carboxylic acids is 1. The number of nitrogens with one attached hydrogen (secondary N) is 1. The minimum atomic E-state index is -0.815. The number of carboxylic acids is 1. The van der Waals surface area contributed by atoms with Gasteiger partial charge in [0.1, 0.15) is 11.3 Å². The van der Waals surface area contributed by atoms with Gasteiger partial charge in [-0.25, -0.2) is 9.37 Å². The van der Waals surface area contributed by atoms with Crippen molar-refractivity contribution in [1.29, 1.82) is 0 Å². The molecule has 0 spiro atoms. The summed E-state index contributed by atoms with van der Waals surface area (Å²) in [5.74, 6) is -1.49. The van der Waals surface area contributed by atoms with E-state index in [2.05, 4.69) is 15.2 Å². The number of carboxylic acid groups (broad SMARTS) is 1. The van der Waals surface area contributed by atoms with E-state index in [0.717, 1.165) is 32.5 Å². The lowest BCUT2D eigenvalue weighted by molar-refractivity contribution is -0.140. The average Bonchev–Trinajstić information content (AvgIpc) is 3.00. The first-order chi connectivity index (χ1) is 13.4. The van der Waals surface area contributed by atoms with Gasteiger partial charge in [0.2, 0.25) is 5.91 Å². The van der Waals surface area contributed by atoms with E-state index in [-0.39, 0.29) is 23.4 Å². The van der Waals surface area contributed by atoms with Gasteiger partial charge < -0.3 is 10.4 Å². The second-order valence-corrected chi connectivity index (χ2v) is 8.76. The minimum absolute atomic E-state index is 0.0645. The van der Waals surface area contributed by atoms with Crippen molar-refractivity contribution in [3.8, 4) is 0 Å². The number of nitrogens with zero attached hydrogens (tertiary/aromatic N) is 3. The number of aromatic nitrogens is 1. The Morgan fingerprint density at radius 1 is 1.36 bits per heavy atom. The van der Waals surface area contributed by atoms with E-state index in [1.54, 1.807) is 0 Å². The summed E-state index contributed by atoms with van der Waals surface area (Å²) in [6, 6.07) is 2.87. The maximum Gasteiger partial charge on any atom is 0.317 e. The topological polar surface area (TPSA) is 85.8 Å².